The van der Waals surface area contributed by atoms with Crippen molar-refractivity contribution in [1.82, 2.24) is 14.5 Å². The first kappa shape index (κ1) is 15.8. The van der Waals surface area contributed by atoms with Crippen molar-refractivity contribution in [2.75, 3.05) is 25.5 Å². The zero-order valence-electron chi connectivity index (χ0n) is 11.7. The Labute approximate surface area is 125 Å². The lowest BCUT2D eigenvalue weighted by Gasteiger charge is -2.27. The molecular formula is C12H16F3N3O3S. The number of alkyl halides is 3. The van der Waals surface area contributed by atoms with Gasteiger partial charge in [-0.25, -0.2) is 8.42 Å². The van der Waals surface area contributed by atoms with Crippen LogP contribution in [0.4, 0.5) is 13.2 Å². The van der Waals surface area contributed by atoms with Crippen molar-refractivity contribution in [1.29, 1.82) is 0 Å². The number of fused-ring (bicyclic) bond motifs is 1. The second kappa shape index (κ2) is 5.50. The van der Waals surface area contributed by atoms with E-state index in [4.69, 9.17) is 4.74 Å². The molecule has 124 valence electrons. The Morgan fingerprint density at radius 3 is 2.82 bits per heavy atom. The monoisotopic (exact) mass is 339 g/mol. The highest BCUT2D eigenvalue weighted by Crippen LogP contribution is 2.34. The van der Waals surface area contributed by atoms with Crippen molar-refractivity contribution < 1.29 is 26.3 Å². The molecule has 1 aromatic rings. The second-order valence-electron chi connectivity index (χ2n) is 5.62. The first-order chi connectivity index (χ1) is 10.3. The molecule has 22 heavy (non-hydrogen) atoms. The number of aromatic nitrogens is 2. The zero-order valence-corrected chi connectivity index (χ0v) is 12.5. The Morgan fingerprint density at radius 1 is 1.41 bits per heavy atom. The summed E-state index contributed by atoms with van der Waals surface area (Å²) in [7, 11) is -3.61. The van der Waals surface area contributed by atoms with E-state index in [2.05, 4.69) is 10.2 Å². The molecule has 10 heteroatoms. The van der Waals surface area contributed by atoms with Gasteiger partial charge in [0.1, 0.15) is 0 Å². The molecule has 1 aromatic heterocycles. The minimum atomic E-state index is -4.59. The number of hydrogen-bond donors (Lipinski definition) is 1. The third kappa shape index (κ3) is 2.99. The normalized spacial score (nSPS) is 23.7. The number of ether oxygens (including phenoxy) is 1. The molecule has 1 atom stereocenters. The second-order valence-corrected chi connectivity index (χ2v) is 7.63. The highest BCUT2D eigenvalue weighted by Gasteiger charge is 2.41. The molecule has 1 saturated heterocycles. The first-order valence-corrected chi connectivity index (χ1v) is 8.57. The van der Waals surface area contributed by atoms with Gasteiger partial charge in [0, 0.05) is 37.4 Å². The van der Waals surface area contributed by atoms with Gasteiger partial charge in [0.05, 0.1) is 12.4 Å². The van der Waals surface area contributed by atoms with Crippen LogP contribution < -0.4 is 0 Å². The summed E-state index contributed by atoms with van der Waals surface area (Å²) in [6.07, 6.45) is -3.72. The summed E-state index contributed by atoms with van der Waals surface area (Å²) >= 11 is 0. The molecule has 0 radical (unpaired) electrons. The Morgan fingerprint density at radius 2 is 2.18 bits per heavy atom. The maximum Gasteiger partial charge on any atom is 0.435 e. The molecule has 1 N–H and O–H groups in total. The molecule has 1 fully saturated rings. The van der Waals surface area contributed by atoms with E-state index in [9.17, 15) is 21.6 Å². The molecular weight excluding hydrogens is 323 g/mol. The van der Waals surface area contributed by atoms with Crippen LogP contribution >= 0.6 is 0 Å². The number of rotatable bonds is 3. The Bertz CT molecular complexity index is 650. The van der Waals surface area contributed by atoms with Crippen molar-refractivity contribution in [3.8, 4) is 0 Å². The molecule has 0 aliphatic carbocycles. The summed E-state index contributed by atoms with van der Waals surface area (Å²) in [4.78, 5) is 0. The fraction of sp³-hybridized carbons (Fsp3) is 0.750. The predicted octanol–water partition coefficient (Wildman–Crippen LogP) is 1.15. The molecule has 0 aromatic carbocycles. The molecule has 0 saturated carbocycles. The van der Waals surface area contributed by atoms with E-state index in [0.29, 0.717) is 25.3 Å². The largest absolute Gasteiger partial charge is 0.435 e. The van der Waals surface area contributed by atoms with Crippen LogP contribution in [0.2, 0.25) is 0 Å². The molecule has 6 nitrogen and oxygen atoms in total. The van der Waals surface area contributed by atoms with Gasteiger partial charge in [0.25, 0.3) is 0 Å². The highest BCUT2D eigenvalue weighted by atomic mass is 32.2. The van der Waals surface area contributed by atoms with Crippen LogP contribution in [-0.4, -0.2) is 48.4 Å². The Balaban J connectivity index is 1.79. The average Bonchev–Trinajstić information content (AvgIpc) is 3.04. The number of hydrogen-bond acceptors (Lipinski definition) is 4. The summed E-state index contributed by atoms with van der Waals surface area (Å²) in [6.45, 7) is 0.807. The SMILES string of the molecule is O=S(=O)(C[C@@H]1CCOC1)N1CCc2[nH]nc(C(F)(F)F)c2C1. The quantitative estimate of drug-likeness (QED) is 0.896. The number of halogens is 3. The van der Waals surface area contributed by atoms with Crippen LogP contribution in [-0.2, 0) is 33.9 Å². The van der Waals surface area contributed by atoms with Crippen LogP contribution in [0.15, 0.2) is 0 Å². The summed E-state index contributed by atoms with van der Waals surface area (Å²) in [5.74, 6) is -0.167. The van der Waals surface area contributed by atoms with E-state index >= 15 is 0 Å². The van der Waals surface area contributed by atoms with Gasteiger partial charge in [-0.15, -0.1) is 0 Å². The van der Waals surface area contributed by atoms with Crippen LogP contribution in [0.5, 0.6) is 0 Å². The Hall–Kier alpha value is -1.13. The summed E-state index contributed by atoms with van der Waals surface area (Å²) in [5, 5.41) is 5.66. The molecule has 2 aliphatic heterocycles. The highest BCUT2D eigenvalue weighted by molar-refractivity contribution is 7.89. The van der Waals surface area contributed by atoms with E-state index in [1.807, 2.05) is 0 Å². The average molecular weight is 339 g/mol. The number of nitrogens with one attached hydrogen (secondary N) is 1. The van der Waals surface area contributed by atoms with Crippen molar-refractivity contribution in [2.45, 2.75) is 25.6 Å². The summed E-state index contributed by atoms with van der Waals surface area (Å²) in [6, 6.07) is 0. The maximum atomic E-state index is 12.9. The minimum Gasteiger partial charge on any atom is -0.381 e. The van der Waals surface area contributed by atoms with Gasteiger partial charge < -0.3 is 4.74 Å². The number of H-pyrrole nitrogens is 1. The zero-order chi connectivity index (χ0) is 16.0. The van der Waals surface area contributed by atoms with Crippen LogP contribution in [0, 0.1) is 5.92 Å². The Kier molecular flexibility index (Phi) is 3.94. The minimum absolute atomic E-state index is 0.0648. The van der Waals surface area contributed by atoms with Gasteiger partial charge in [0.15, 0.2) is 5.69 Å². The van der Waals surface area contributed by atoms with Gasteiger partial charge >= 0.3 is 6.18 Å². The van der Waals surface area contributed by atoms with Crippen molar-refractivity contribution in [3.63, 3.8) is 0 Å². The van der Waals surface area contributed by atoms with E-state index in [1.165, 1.54) is 0 Å². The predicted molar refractivity (Wildman–Crippen MR) is 70.4 cm³/mol. The third-order valence-corrected chi connectivity index (χ3v) is 6.02. The molecule has 0 unspecified atom stereocenters. The van der Waals surface area contributed by atoms with Crippen LogP contribution in [0.3, 0.4) is 0 Å². The van der Waals surface area contributed by atoms with E-state index in [-0.39, 0.29) is 36.7 Å². The summed E-state index contributed by atoms with van der Waals surface area (Å²) in [5.41, 5.74) is -0.723. The lowest BCUT2D eigenvalue weighted by molar-refractivity contribution is -0.142. The van der Waals surface area contributed by atoms with E-state index in [0.717, 1.165) is 4.31 Å². The standard InChI is InChI=1S/C12H16F3N3O3S/c13-12(14,15)11-9-5-18(3-1-10(9)16-17-11)22(19,20)7-8-2-4-21-6-8/h8H,1-7H2,(H,16,17)/t8-/m1/s1. The molecule has 0 spiro atoms. The van der Waals surface area contributed by atoms with Gasteiger partial charge in [-0.1, -0.05) is 0 Å². The first-order valence-electron chi connectivity index (χ1n) is 6.96. The summed E-state index contributed by atoms with van der Waals surface area (Å²) < 4.78 is 69.7. The van der Waals surface area contributed by atoms with Crippen molar-refractivity contribution in [2.24, 2.45) is 5.92 Å². The lowest BCUT2D eigenvalue weighted by atomic mass is 10.1. The molecule has 0 bridgehead atoms. The van der Waals surface area contributed by atoms with Crippen LogP contribution in [0.25, 0.3) is 0 Å². The van der Waals surface area contributed by atoms with Crippen molar-refractivity contribution >= 4 is 10.0 Å². The lowest BCUT2D eigenvalue weighted by Crippen LogP contribution is -2.39. The number of aromatic amines is 1. The van der Waals surface area contributed by atoms with Gasteiger partial charge in [-0.3, -0.25) is 5.10 Å². The smallest absolute Gasteiger partial charge is 0.381 e. The molecule has 3 heterocycles. The van der Waals surface area contributed by atoms with Gasteiger partial charge in [-0.2, -0.15) is 22.6 Å². The van der Waals surface area contributed by atoms with Gasteiger partial charge in [-0.05, 0) is 12.3 Å². The number of sulfonamides is 1. The molecule has 0 amide bonds. The fourth-order valence-electron chi connectivity index (χ4n) is 2.86. The van der Waals surface area contributed by atoms with Crippen LogP contribution in [0.1, 0.15) is 23.4 Å². The van der Waals surface area contributed by atoms with Crippen molar-refractivity contribution in [3.05, 3.63) is 17.0 Å². The fourth-order valence-corrected chi connectivity index (χ4v) is 4.62. The molecule has 2 aliphatic rings. The molecule has 3 rings (SSSR count). The van der Waals surface area contributed by atoms with Gasteiger partial charge in [0.2, 0.25) is 10.0 Å². The van der Waals surface area contributed by atoms with E-state index in [1.54, 1.807) is 0 Å². The number of nitrogens with zero attached hydrogens (tertiary/aromatic N) is 2. The topological polar surface area (TPSA) is 75.3 Å². The van der Waals surface area contributed by atoms with E-state index < -0.39 is 21.9 Å². The maximum absolute atomic E-state index is 12.9. The third-order valence-electron chi connectivity index (χ3n) is 4.03.